The van der Waals surface area contributed by atoms with Gasteiger partial charge in [0.15, 0.2) is 11.9 Å². The molecule has 0 aromatic carbocycles. The van der Waals surface area contributed by atoms with Crippen molar-refractivity contribution < 1.29 is 24.1 Å². The monoisotopic (exact) mass is 326 g/mol. The van der Waals surface area contributed by atoms with Gasteiger partial charge in [0.25, 0.3) is 0 Å². The average molecular weight is 326 g/mol. The number of ether oxygens (including phenoxy) is 3. The Hall–Kier alpha value is -0.910. The Labute approximate surface area is 139 Å². The summed E-state index contributed by atoms with van der Waals surface area (Å²) in [5.74, 6) is 0.774. The molecule has 0 spiro atoms. The zero-order chi connectivity index (χ0) is 16.7. The SMILES string of the molecule is CC(CCCCCOC1CCCCO1)C1=CC(=O)C(C)(CO)O1. The molecule has 23 heavy (non-hydrogen) atoms. The van der Waals surface area contributed by atoms with E-state index in [1.807, 2.05) is 0 Å². The Kier molecular flexibility index (Phi) is 7.06. The van der Waals surface area contributed by atoms with Crippen LogP contribution in [0, 0.1) is 5.92 Å². The molecule has 132 valence electrons. The highest BCUT2D eigenvalue weighted by molar-refractivity contribution is 5.99. The molecule has 2 heterocycles. The lowest BCUT2D eigenvalue weighted by Crippen LogP contribution is -2.37. The van der Waals surface area contributed by atoms with E-state index in [0.29, 0.717) is 5.76 Å². The maximum absolute atomic E-state index is 11.8. The van der Waals surface area contributed by atoms with Crippen LogP contribution in [0.4, 0.5) is 0 Å². The van der Waals surface area contributed by atoms with Crippen LogP contribution in [0.25, 0.3) is 0 Å². The molecule has 0 aromatic rings. The number of ketones is 1. The molecule has 1 N–H and O–H groups in total. The number of hydrogen-bond acceptors (Lipinski definition) is 5. The fourth-order valence-corrected chi connectivity index (χ4v) is 2.90. The third-order valence-corrected chi connectivity index (χ3v) is 4.65. The summed E-state index contributed by atoms with van der Waals surface area (Å²) in [7, 11) is 0. The molecule has 2 aliphatic heterocycles. The predicted octanol–water partition coefficient (Wildman–Crippen LogP) is 2.96. The Morgan fingerprint density at radius 2 is 2.22 bits per heavy atom. The lowest BCUT2D eigenvalue weighted by Gasteiger charge is -2.23. The van der Waals surface area contributed by atoms with Crippen molar-refractivity contribution in [2.24, 2.45) is 5.92 Å². The fourth-order valence-electron chi connectivity index (χ4n) is 2.90. The van der Waals surface area contributed by atoms with Crippen molar-refractivity contribution >= 4 is 5.78 Å². The number of allylic oxidation sites excluding steroid dienone is 1. The molecule has 0 amide bonds. The van der Waals surface area contributed by atoms with Crippen LogP contribution in [0.15, 0.2) is 11.8 Å². The van der Waals surface area contributed by atoms with E-state index in [1.54, 1.807) is 13.0 Å². The fraction of sp³-hybridized carbons (Fsp3) is 0.833. The summed E-state index contributed by atoms with van der Waals surface area (Å²) < 4.78 is 16.9. The molecule has 3 unspecified atom stereocenters. The summed E-state index contributed by atoms with van der Waals surface area (Å²) in [5, 5.41) is 9.27. The van der Waals surface area contributed by atoms with Crippen molar-refractivity contribution in [2.75, 3.05) is 19.8 Å². The van der Waals surface area contributed by atoms with Crippen LogP contribution in [-0.4, -0.2) is 42.6 Å². The minimum absolute atomic E-state index is 0.00175. The van der Waals surface area contributed by atoms with Crippen molar-refractivity contribution in [1.29, 1.82) is 0 Å². The van der Waals surface area contributed by atoms with Gasteiger partial charge in [0.2, 0.25) is 5.78 Å². The molecule has 5 nitrogen and oxygen atoms in total. The standard InChI is InChI=1S/C18H30O5/c1-14(15-12-16(20)18(2,13-19)23-15)8-4-3-6-10-21-17-9-5-7-11-22-17/h12,14,17,19H,3-11,13H2,1-2H3. The number of hydrogen-bond donors (Lipinski definition) is 1. The van der Waals surface area contributed by atoms with Crippen molar-refractivity contribution in [3.63, 3.8) is 0 Å². The number of rotatable bonds is 9. The first-order chi connectivity index (χ1) is 11.0. The number of aliphatic hydroxyl groups is 1. The van der Waals surface area contributed by atoms with Crippen molar-refractivity contribution in [3.8, 4) is 0 Å². The van der Waals surface area contributed by atoms with Gasteiger partial charge in [-0.05, 0) is 39.0 Å². The highest BCUT2D eigenvalue weighted by Gasteiger charge is 2.40. The topological polar surface area (TPSA) is 65.0 Å². The zero-order valence-corrected chi connectivity index (χ0v) is 14.4. The second-order valence-electron chi connectivity index (χ2n) is 6.82. The third kappa shape index (κ3) is 5.30. The summed E-state index contributed by atoms with van der Waals surface area (Å²) in [6, 6.07) is 0. The van der Waals surface area contributed by atoms with Crippen molar-refractivity contribution in [1.82, 2.24) is 0 Å². The summed E-state index contributed by atoms with van der Waals surface area (Å²) in [5.41, 5.74) is -1.07. The highest BCUT2D eigenvalue weighted by Crippen LogP contribution is 2.31. The van der Waals surface area contributed by atoms with E-state index in [1.165, 1.54) is 6.42 Å². The van der Waals surface area contributed by atoms with Gasteiger partial charge in [0.05, 0.1) is 6.61 Å². The van der Waals surface area contributed by atoms with Gasteiger partial charge in [0, 0.05) is 25.2 Å². The first-order valence-corrected chi connectivity index (χ1v) is 8.84. The van der Waals surface area contributed by atoms with E-state index >= 15 is 0 Å². The molecule has 2 aliphatic rings. The van der Waals surface area contributed by atoms with Crippen LogP contribution in [0.1, 0.15) is 58.8 Å². The molecule has 0 bridgehead atoms. The highest BCUT2D eigenvalue weighted by atomic mass is 16.7. The molecule has 3 atom stereocenters. The van der Waals surface area contributed by atoms with Crippen molar-refractivity contribution in [3.05, 3.63) is 11.8 Å². The summed E-state index contributed by atoms with van der Waals surface area (Å²) in [4.78, 5) is 11.8. The molecule has 5 heteroatoms. The Bertz CT molecular complexity index is 414. The molecule has 0 saturated carbocycles. The smallest absolute Gasteiger partial charge is 0.204 e. The zero-order valence-electron chi connectivity index (χ0n) is 14.4. The van der Waals surface area contributed by atoms with Gasteiger partial charge in [-0.3, -0.25) is 4.79 Å². The molecular weight excluding hydrogens is 296 g/mol. The number of aliphatic hydroxyl groups excluding tert-OH is 1. The van der Waals surface area contributed by atoms with E-state index in [4.69, 9.17) is 14.2 Å². The molecule has 0 radical (unpaired) electrons. The van der Waals surface area contributed by atoms with Crippen LogP contribution in [0.3, 0.4) is 0 Å². The van der Waals surface area contributed by atoms with Gasteiger partial charge >= 0.3 is 0 Å². The lowest BCUT2D eigenvalue weighted by atomic mass is 10.0. The van der Waals surface area contributed by atoms with Crippen molar-refractivity contribution in [2.45, 2.75) is 70.7 Å². The Balaban J connectivity index is 1.56. The summed E-state index contributed by atoms with van der Waals surface area (Å²) >= 11 is 0. The molecule has 1 saturated heterocycles. The molecular formula is C18H30O5. The van der Waals surface area contributed by atoms with Gasteiger partial charge in [-0.15, -0.1) is 0 Å². The van der Waals surface area contributed by atoms with Crippen LogP contribution in [-0.2, 0) is 19.0 Å². The summed E-state index contributed by atoms with van der Waals surface area (Å²) in [6.07, 6.45) is 9.07. The normalized spacial score (nSPS) is 29.3. The van der Waals surface area contributed by atoms with Crippen LogP contribution < -0.4 is 0 Å². The number of carbonyl (C=O) groups excluding carboxylic acids is 1. The van der Waals surface area contributed by atoms with E-state index in [-0.39, 0.29) is 24.6 Å². The van der Waals surface area contributed by atoms with E-state index < -0.39 is 5.60 Å². The summed E-state index contributed by atoms with van der Waals surface area (Å²) in [6.45, 7) is 4.99. The second-order valence-corrected chi connectivity index (χ2v) is 6.82. The minimum Gasteiger partial charge on any atom is -0.481 e. The lowest BCUT2D eigenvalue weighted by molar-refractivity contribution is -0.162. The largest absolute Gasteiger partial charge is 0.481 e. The number of unbranched alkanes of at least 4 members (excludes halogenated alkanes) is 2. The number of carbonyl (C=O) groups is 1. The molecule has 0 aliphatic carbocycles. The maximum Gasteiger partial charge on any atom is 0.204 e. The van der Waals surface area contributed by atoms with Gasteiger partial charge < -0.3 is 19.3 Å². The predicted molar refractivity (Wildman–Crippen MR) is 86.8 cm³/mol. The Morgan fingerprint density at radius 3 is 2.87 bits per heavy atom. The average Bonchev–Trinajstić information content (AvgIpc) is 2.87. The molecule has 0 aromatic heterocycles. The third-order valence-electron chi connectivity index (χ3n) is 4.65. The van der Waals surface area contributed by atoms with E-state index in [0.717, 1.165) is 51.7 Å². The Morgan fingerprint density at radius 1 is 1.39 bits per heavy atom. The van der Waals surface area contributed by atoms with Crippen LogP contribution >= 0.6 is 0 Å². The first kappa shape index (κ1) is 18.4. The second kappa shape index (κ2) is 8.81. The molecule has 1 fully saturated rings. The first-order valence-electron chi connectivity index (χ1n) is 8.84. The quantitative estimate of drug-likeness (QED) is 0.660. The van der Waals surface area contributed by atoms with Gasteiger partial charge in [-0.25, -0.2) is 0 Å². The maximum atomic E-state index is 11.8. The van der Waals surface area contributed by atoms with Crippen LogP contribution in [0.2, 0.25) is 0 Å². The van der Waals surface area contributed by atoms with Gasteiger partial charge in [0.1, 0.15) is 5.76 Å². The van der Waals surface area contributed by atoms with Crippen LogP contribution in [0.5, 0.6) is 0 Å². The van der Waals surface area contributed by atoms with Gasteiger partial charge in [-0.2, -0.15) is 0 Å². The van der Waals surface area contributed by atoms with E-state index in [9.17, 15) is 9.90 Å². The van der Waals surface area contributed by atoms with E-state index in [2.05, 4.69) is 6.92 Å². The molecule has 2 rings (SSSR count). The van der Waals surface area contributed by atoms with Gasteiger partial charge in [-0.1, -0.05) is 19.8 Å². The minimum atomic E-state index is -1.07.